The molecule has 0 atom stereocenters. The summed E-state index contributed by atoms with van der Waals surface area (Å²) >= 11 is 5.97. The number of halogens is 1. The molecule has 0 bridgehead atoms. The van der Waals surface area contributed by atoms with Crippen molar-refractivity contribution in [3.05, 3.63) is 53.1 Å². The number of rotatable bonds is 2. The highest BCUT2D eigenvalue weighted by molar-refractivity contribution is 6.31. The van der Waals surface area contributed by atoms with Gasteiger partial charge >= 0.3 is 5.97 Å². The van der Waals surface area contributed by atoms with Crippen molar-refractivity contribution in [3.63, 3.8) is 0 Å². The van der Waals surface area contributed by atoms with Crippen LogP contribution in [0.3, 0.4) is 0 Å². The van der Waals surface area contributed by atoms with E-state index in [9.17, 15) is 4.79 Å². The van der Waals surface area contributed by atoms with E-state index >= 15 is 0 Å². The van der Waals surface area contributed by atoms with Gasteiger partial charge in [0.2, 0.25) is 0 Å². The Kier molecular flexibility index (Phi) is 2.95. The molecular formula is C15H11ClN2O2. The largest absolute Gasteiger partial charge is 0.478 e. The van der Waals surface area contributed by atoms with Crippen LogP contribution in [-0.2, 0) is 7.05 Å². The van der Waals surface area contributed by atoms with Gasteiger partial charge in [-0.1, -0.05) is 23.7 Å². The molecule has 20 heavy (non-hydrogen) atoms. The van der Waals surface area contributed by atoms with Crippen molar-refractivity contribution in [1.82, 2.24) is 9.55 Å². The third-order valence-corrected chi connectivity index (χ3v) is 3.45. The summed E-state index contributed by atoms with van der Waals surface area (Å²) < 4.78 is 1.92. The van der Waals surface area contributed by atoms with Crippen LogP contribution in [0.4, 0.5) is 0 Å². The Balaban J connectivity index is 2.21. The average molecular weight is 287 g/mol. The van der Waals surface area contributed by atoms with Gasteiger partial charge < -0.3 is 9.67 Å². The lowest BCUT2D eigenvalue weighted by Gasteiger charge is -2.03. The molecule has 0 aliphatic carbocycles. The third kappa shape index (κ3) is 2.04. The van der Waals surface area contributed by atoms with Crippen LogP contribution in [0.25, 0.3) is 22.4 Å². The van der Waals surface area contributed by atoms with Crippen molar-refractivity contribution >= 4 is 28.6 Å². The van der Waals surface area contributed by atoms with Gasteiger partial charge in [-0.15, -0.1) is 0 Å². The fourth-order valence-electron chi connectivity index (χ4n) is 2.22. The zero-order valence-electron chi connectivity index (χ0n) is 10.7. The zero-order chi connectivity index (χ0) is 14.3. The van der Waals surface area contributed by atoms with E-state index in [1.807, 2.05) is 29.8 Å². The molecule has 3 rings (SSSR count). The predicted molar refractivity (Wildman–Crippen MR) is 78.1 cm³/mol. The number of carboxylic acid groups (broad SMARTS) is 1. The molecule has 100 valence electrons. The Bertz CT molecular complexity index is 824. The van der Waals surface area contributed by atoms with Crippen molar-refractivity contribution in [2.45, 2.75) is 0 Å². The molecule has 0 amide bonds. The second-order valence-electron chi connectivity index (χ2n) is 4.51. The Labute approximate surface area is 120 Å². The zero-order valence-corrected chi connectivity index (χ0v) is 11.4. The lowest BCUT2D eigenvalue weighted by atomic mass is 10.1. The van der Waals surface area contributed by atoms with Crippen LogP contribution in [0, 0.1) is 0 Å². The minimum Gasteiger partial charge on any atom is -0.478 e. The molecule has 2 aromatic carbocycles. The maximum atomic E-state index is 11.0. The monoisotopic (exact) mass is 286 g/mol. The van der Waals surface area contributed by atoms with E-state index in [1.165, 1.54) is 0 Å². The first-order valence-electron chi connectivity index (χ1n) is 6.02. The first-order valence-corrected chi connectivity index (χ1v) is 6.40. The second-order valence-corrected chi connectivity index (χ2v) is 4.95. The van der Waals surface area contributed by atoms with E-state index in [0.29, 0.717) is 10.8 Å². The molecule has 0 spiro atoms. The van der Waals surface area contributed by atoms with E-state index in [4.69, 9.17) is 16.7 Å². The standard InChI is InChI=1S/C15H11ClN2O2/c1-18-13-6-5-11(16)8-12(13)17-14(18)9-3-2-4-10(7-9)15(19)20/h2-8H,1H3,(H,19,20). The first kappa shape index (κ1) is 12.7. The molecule has 3 aromatic rings. The van der Waals surface area contributed by atoms with Crippen LogP contribution in [-0.4, -0.2) is 20.6 Å². The Morgan fingerprint density at radius 2 is 2.05 bits per heavy atom. The number of benzene rings is 2. The number of aryl methyl sites for hydroxylation is 1. The minimum absolute atomic E-state index is 0.243. The summed E-state index contributed by atoms with van der Waals surface area (Å²) in [5.74, 6) is -0.237. The lowest BCUT2D eigenvalue weighted by molar-refractivity contribution is 0.0697. The quantitative estimate of drug-likeness (QED) is 0.783. The van der Waals surface area contributed by atoms with E-state index in [-0.39, 0.29) is 5.56 Å². The summed E-state index contributed by atoms with van der Waals surface area (Å²) in [5.41, 5.74) is 2.74. The van der Waals surface area contributed by atoms with Gasteiger partial charge in [-0.25, -0.2) is 9.78 Å². The maximum Gasteiger partial charge on any atom is 0.335 e. The molecule has 1 heterocycles. The van der Waals surface area contributed by atoms with Gasteiger partial charge in [0.15, 0.2) is 0 Å². The highest BCUT2D eigenvalue weighted by Gasteiger charge is 2.12. The highest BCUT2D eigenvalue weighted by Crippen LogP contribution is 2.26. The normalized spacial score (nSPS) is 10.9. The number of carboxylic acids is 1. The molecule has 0 aliphatic rings. The average Bonchev–Trinajstić information content (AvgIpc) is 2.75. The van der Waals surface area contributed by atoms with Gasteiger partial charge in [-0.3, -0.25) is 0 Å². The molecule has 1 aromatic heterocycles. The summed E-state index contributed by atoms with van der Waals surface area (Å²) in [6.45, 7) is 0. The minimum atomic E-state index is -0.950. The predicted octanol–water partition coefficient (Wildman–Crippen LogP) is 3.59. The number of carbonyl (C=O) groups is 1. The number of hydrogen-bond acceptors (Lipinski definition) is 2. The number of aromatic carboxylic acids is 1. The van der Waals surface area contributed by atoms with Crippen LogP contribution in [0.1, 0.15) is 10.4 Å². The van der Waals surface area contributed by atoms with Crippen LogP contribution in [0.5, 0.6) is 0 Å². The second kappa shape index (κ2) is 4.65. The van der Waals surface area contributed by atoms with Gasteiger partial charge in [0, 0.05) is 17.6 Å². The topological polar surface area (TPSA) is 55.1 Å². The highest BCUT2D eigenvalue weighted by atomic mass is 35.5. The molecule has 0 aliphatic heterocycles. The van der Waals surface area contributed by atoms with E-state index < -0.39 is 5.97 Å². The SMILES string of the molecule is Cn1c(-c2cccc(C(=O)O)c2)nc2cc(Cl)ccc21. The fourth-order valence-corrected chi connectivity index (χ4v) is 2.39. The maximum absolute atomic E-state index is 11.0. The van der Waals surface area contributed by atoms with Gasteiger partial charge in [-0.2, -0.15) is 0 Å². The first-order chi connectivity index (χ1) is 9.56. The number of nitrogens with zero attached hydrogens (tertiary/aromatic N) is 2. The molecule has 0 saturated carbocycles. The van der Waals surface area contributed by atoms with Crippen LogP contribution in [0.2, 0.25) is 5.02 Å². The van der Waals surface area contributed by atoms with E-state index in [2.05, 4.69) is 4.98 Å². The van der Waals surface area contributed by atoms with Crippen molar-refractivity contribution < 1.29 is 9.90 Å². The summed E-state index contributed by atoms with van der Waals surface area (Å²) in [7, 11) is 1.89. The summed E-state index contributed by atoms with van der Waals surface area (Å²) in [4.78, 5) is 15.6. The molecule has 1 N–H and O–H groups in total. The number of hydrogen-bond donors (Lipinski definition) is 1. The van der Waals surface area contributed by atoms with Gasteiger partial charge in [0.05, 0.1) is 16.6 Å². The molecule has 0 fully saturated rings. The summed E-state index contributed by atoms with van der Waals surface area (Å²) in [6, 6.07) is 12.2. The Morgan fingerprint density at radius 3 is 2.80 bits per heavy atom. The van der Waals surface area contributed by atoms with Crippen LogP contribution < -0.4 is 0 Å². The molecule has 0 radical (unpaired) electrons. The molecule has 0 saturated heterocycles. The molecule has 0 unspecified atom stereocenters. The van der Waals surface area contributed by atoms with Crippen molar-refractivity contribution in [2.24, 2.45) is 7.05 Å². The Morgan fingerprint density at radius 1 is 1.25 bits per heavy atom. The third-order valence-electron chi connectivity index (χ3n) is 3.21. The van der Waals surface area contributed by atoms with E-state index in [1.54, 1.807) is 24.3 Å². The van der Waals surface area contributed by atoms with Gasteiger partial charge in [0.25, 0.3) is 0 Å². The number of aromatic nitrogens is 2. The number of fused-ring (bicyclic) bond motifs is 1. The molecule has 5 heteroatoms. The Hall–Kier alpha value is -2.33. The van der Waals surface area contributed by atoms with Crippen LogP contribution >= 0.6 is 11.6 Å². The van der Waals surface area contributed by atoms with Crippen molar-refractivity contribution in [1.29, 1.82) is 0 Å². The van der Waals surface area contributed by atoms with Crippen molar-refractivity contribution in [2.75, 3.05) is 0 Å². The van der Waals surface area contributed by atoms with Crippen molar-refractivity contribution in [3.8, 4) is 11.4 Å². The summed E-state index contributed by atoms with van der Waals surface area (Å²) in [6.07, 6.45) is 0. The molecule has 4 nitrogen and oxygen atoms in total. The van der Waals surface area contributed by atoms with Gasteiger partial charge in [-0.05, 0) is 30.3 Å². The van der Waals surface area contributed by atoms with E-state index in [0.717, 1.165) is 16.6 Å². The van der Waals surface area contributed by atoms with Gasteiger partial charge in [0.1, 0.15) is 5.82 Å². The summed E-state index contributed by atoms with van der Waals surface area (Å²) in [5, 5.41) is 9.68. The van der Waals surface area contributed by atoms with Crippen LogP contribution in [0.15, 0.2) is 42.5 Å². The lowest BCUT2D eigenvalue weighted by Crippen LogP contribution is -1.98. The molecular weight excluding hydrogens is 276 g/mol. The fraction of sp³-hybridized carbons (Fsp3) is 0.0667. The smallest absolute Gasteiger partial charge is 0.335 e. The number of imidazole rings is 1.